The van der Waals surface area contributed by atoms with E-state index in [-0.39, 0.29) is 30.1 Å². The van der Waals surface area contributed by atoms with Gasteiger partial charge in [-0.15, -0.1) is 0 Å². The van der Waals surface area contributed by atoms with Gasteiger partial charge in [0.05, 0.1) is 6.42 Å². The minimum Gasteiger partial charge on any atom is -0.352 e. The van der Waals surface area contributed by atoms with Crippen molar-refractivity contribution in [2.24, 2.45) is 0 Å². The van der Waals surface area contributed by atoms with Gasteiger partial charge >= 0.3 is 0 Å². The first-order chi connectivity index (χ1) is 17.0. The first-order valence-electron chi connectivity index (χ1n) is 12.4. The number of nitrogens with one attached hydrogen (secondary N) is 1. The SMILES string of the molecule is Cc1cccc(CN(C(=O)Cc2ccc(F)cc2)[C@H](Cc2ccccc2)C(=O)NC2CCCC2)c1. The Labute approximate surface area is 207 Å². The van der Waals surface area contributed by atoms with Crippen LogP contribution in [0.25, 0.3) is 0 Å². The molecule has 4 rings (SSSR count). The molecule has 1 aliphatic carbocycles. The van der Waals surface area contributed by atoms with Crippen LogP contribution in [-0.2, 0) is 29.0 Å². The summed E-state index contributed by atoms with van der Waals surface area (Å²) in [6.45, 7) is 2.35. The quantitative estimate of drug-likeness (QED) is 0.455. The maximum atomic E-state index is 13.7. The van der Waals surface area contributed by atoms with Crippen molar-refractivity contribution >= 4 is 11.8 Å². The molecule has 0 aliphatic heterocycles. The number of carbonyl (C=O) groups excluding carboxylic acids is 2. The summed E-state index contributed by atoms with van der Waals surface area (Å²) < 4.78 is 13.4. The van der Waals surface area contributed by atoms with E-state index in [4.69, 9.17) is 0 Å². The fourth-order valence-corrected chi connectivity index (χ4v) is 4.81. The summed E-state index contributed by atoms with van der Waals surface area (Å²) in [5, 5.41) is 3.22. The molecule has 0 saturated heterocycles. The Bertz CT molecular complexity index is 1120. The molecular weight excluding hydrogens is 439 g/mol. The summed E-state index contributed by atoms with van der Waals surface area (Å²) in [7, 11) is 0. The zero-order valence-electron chi connectivity index (χ0n) is 20.3. The molecule has 1 fully saturated rings. The van der Waals surface area contributed by atoms with E-state index in [1.165, 1.54) is 12.1 Å². The lowest BCUT2D eigenvalue weighted by atomic mass is 10.0. The van der Waals surface area contributed by atoms with Gasteiger partial charge in [0.15, 0.2) is 0 Å². The van der Waals surface area contributed by atoms with Crippen LogP contribution in [0.2, 0.25) is 0 Å². The number of aryl methyl sites for hydroxylation is 1. The molecule has 0 unspecified atom stereocenters. The van der Waals surface area contributed by atoms with Crippen LogP contribution in [0.5, 0.6) is 0 Å². The fraction of sp³-hybridized carbons (Fsp3) is 0.333. The molecule has 0 bridgehead atoms. The molecule has 182 valence electrons. The summed E-state index contributed by atoms with van der Waals surface area (Å²) in [6.07, 6.45) is 4.72. The van der Waals surface area contributed by atoms with Crippen LogP contribution in [0.15, 0.2) is 78.9 Å². The van der Waals surface area contributed by atoms with E-state index in [1.54, 1.807) is 17.0 Å². The van der Waals surface area contributed by atoms with Crippen molar-refractivity contribution in [1.82, 2.24) is 10.2 Å². The first-order valence-corrected chi connectivity index (χ1v) is 12.4. The highest BCUT2D eigenvalue weighted by atomic mass is 19.1. The van der Waals surface area contributed by atoms with Crippen LogP contribution >= 0.6 is 0 Å². The molecule has 0 heterocycles. The van der Waals surface area contributed by atoms with Crippen molar-refractivity contribution in [3.63, 3.8) is 0 Å². The average Bonchev–Trinajstić information content (AvgIpc) is 3.36. The minimum atomic E-state index is -0.647. The van der Waals surface area contributed by atoms with Gasteiger partial charge in [-0.25, -0.2) is 4.39 Å². The maximum absolute atomic E-state index is 13.7. The summed E-state index contributed by atoms with van der Waals surface area (Å²) in [4.78, 5) is 29.1. The van der Waals surface area contributed by atoms with E-state index in [0.717, 1.165) is 47.9 Å². The predicted octanol–water partition coefficient (Wildman–Crippen LogP) is 5.38. The lowest BCUT2D eigenvalue weighted by Crippen LogP contribution is -2.52. The van der Waals surface area contributed by atoms with E-state index >= 15 is 0 Å². The van der Waals surface area contributed by atoms with Gasteiger partial charge in [0.2, 0.25) is 11.8 Å². The summed E-state index contributed by atoms with van der Waals surface area (Å²) >= 11 is 0. The van der Waals surface area contributed by atoms with E-state index < -0.39 is 6.04 Å². The minimum absolute atomic E-state index is 0.105. The Kier molecular flexibility index (Phi) is 8.30. The number of benzene rings is 3. The first kappa shape index (κ1) is 24.6. The molecule has 3 aromatic carbocycles. The number of hydrogen-bond donors (Lipinski definition) is 1. The smallest absolute Gasteiger partial charge is 0.243 e. The molecule has 1 atom stereocenters. The Morgan fingerprint density at radius 2 is 1.60 bits per heavy atom. The molecule has 5 heteroatoms. The molecular formula is C30H33FN2O2. The van der Waals surface area contributed by atoms with E-state index in [9.17, 15) is 14.0 Å². The molecule has 35 heavy (non-hydrogen) atoms. The fourth-order valence-electron chi connectivity index (χ4n) is 4.81. The lowest BCUT2D eigenvalue weighted by Gasteiger charge is -2.32. The van der Waals surface area contributed by atoms with Crippen LogP contribution in [-0.4, -0.2) is 28.8 Å². The normalized spacial score (nSPS) is 14.5. The number of rotatable bonds is 9. The maximum Gasteiger partial charge on any atom is 0.243 e. The third-order valence-electron chi connectivity index (χ3n) is 6.68. The third-order valence-corrected chi connectivity index (χ3v) is 6.68. The highest BCUT2D eigenvalue weighted by Crippen LogP contribution is 2.21. The Morgan fingerprint density at radius 3 is 2.29 bits per heavy atom. The standard InChI is InChI=1S/C30H33FN2O2/c1-22-8-7-11-25(18-22)21-33(29(34)20-24-14-16-26(31)17-15-24)28(19-23-9-3-2-4-10-23)30(35)32-27-12-5-6-13-27/h2-4,7-11,14-18,27-28H,5-6,12-13,19-21H2,1H3,(H,32,35)/t28-/m1/s1. The van der Waals surface area contributed by atoms with E-state index in [2.05, 4.69) is 5.32 Å². The van der Waals surface area contributed by atoms with Crippen molar-refractivity contribution in [1.29, 1.82) is 0 Å². The lowest BCUT2D eigenvalue weighted by molar-refractivity contribution is -0.141. The van der Waals surface area contributed by atoms with Crippen molar-refractivity contribution in [3.8, 4) is 0 Å². The van der Waals surface area contributed by atoms with Gasteiger partial charge in [0.25, 0.3) is 0 Å². The molecule has 1 saturated carbocycles. The highest BCUT2D eigenvalue weighted by molar-refractivity contribution is 5.89. The average molecular weight is 473 g/mol. The zero-order chi connectivity index (χ0) is 24.6. The van der Waals surface area contributed by atoms with Crippen molar-refractivity contribution < 1.29 is 14.0 Å². The Hall–Kier alpha value is -3.47. The van der Waals surface area contributed by atoms with Crippen LogP contribution in [0.1, 0.15) is 47.9 Å². The van der Waals surface area contributed by atoms with E-state index in [0.29, 0.717) is 13.0 Å². The molecule has 0 spiro atoms. The van der Waals surface area contributed by atoms with Crippen LogP contribution in [0, 0.1) is 12.7 Å². The summed E-state index contributed by atoms with van der Waals surface area (Å²) in [5.74, 6) is -0.600. The molecule has 1 N–H and O–H groups in total. The number of amides is 2. The van der Waals surface area contributed by atoms with Crippen LogP contribution in [0.4, 0.5) is 4.39 Å². The number of nitrogens with zero attached hydrogens (tertiary/aromatic N) is 1. The Balaban J connectivity index is 1.65. The number of carbonyl (C=O) groups is 2. The molecule has 1 aliphatic rings. The second-order valence-corrected chi connectivity index (χ2v) is 9.51. The second kappa shape index (κ2) is 11.8. The van der Waals surface area contributed by atoms with Gasteiger partial charge in [-0.05, 0) is 48.6 Å². The molecule has 4 nitrogen and oxygen atoms in total. The van der Waals surface area contributed by atoms with Gasteiger partial charge in [-0.1, -0.05) is 85.1 Å². The summed E-state index contributed by atoms with van der Waals surface area (Å²) in [6, 6.07) is 23.3. The largest absolute Gasteiger partial charge is 0.352 e. The monoisotopic (exact) mass is 472 g/mol. The second-order valence-electron chi connectivity index (χ2n) is 9.51. The van der Waals surface area contributed by atoms with Crippen molar-refractivity contribution in [3.05, 3.63) is 107 Å². The van der Waals surface area contributed by atoms with Gasteiger partial charge < -0.3 is 10.2 Å². The predicted molar refractivity (Wildman–Crippen MR) is 136 cm³/mol. The molecule has 0 aromatic heterocycles. The van der Waals surface area contributed by atoms with Crippen LogP contribution < -0.4 is 5.32 Å². The van der Waals surface area contributed by atoms with Crippen LogP contribution in [0.3, 0.4) is 0 Å². The van der Waals surface area contributed by atoms with Gasteiger partial charge in [0.1, 0.15) is 11.9 Å². The summed E-state index contributed by atoms with van der Waals surface area (Å²) in [5.41, 5.74) is 3.80. The van der Waals surface area contributed by atoms with Gasteiger partial charge in [-0.2, -0.15) is 0 Å². The zero-order valence-corrected chi connectivity index (χ0v) is 20.3. The van der Waals surface area contributed by atoms with E-state index in [1.807, 2.05) is 61.5 Å². The third kappa shape index (κ3) is 7.01. The molecule has 2 amide bonds. The topological polar surface area (TPSA) is 49.4 Å². The van der Waals surface area contributed by atoms with Crippen molar-refractivity contribution in [2.45, 2.75) is 64.1 Å². The highest BCUT2D eigenvalue weighted by Gasteiger charge is 2.32. The number of halogens is 1. The van der Waals surface area contributed by atoms with Gasteiger partial charge in [0, 0.05) is 19.0 Å². The number of hydrogen-bond acceptors (Lipinski definition) is 2. The van der Waals surface area contributed by atoms with Gasteiger partial charge in [-0.3, -0.25) is 9.59 Å². The van der Waals surface area contributed by atoms with Crippen molar-refractivity contribution in [2.75, 3.05) is 0 Å². The Morgan fingerprint density at radius 1 is 0.914 bits per heavy atom. The molecule has 3 aromatic rings. The molecule has 0 radical (unpaired) electrons.